The second kappa shape index (κ2) is 11.5. The third kappa shape index (κ3) is 7.65. The Balaban J connectivity index is 3.59. The first-order valence-corrected chi connectivity index (χ1v) is 7.06. The predicted octanol–water partition coefficient (Wildman–Crippen LogP) is 2.49. The molecule has 0 aromatic rings. The van der Waals surface area contributed by atoms with Crippen molar-refractivity contribution >= 4 is 0 Å². The van der Waals surface area contributed by atoms with E-state index in [-0.39, 0.29) is 5.54 Å². The van der Waals surface area contributed by atoms with Crippen LogP contribution in [0.1, 0.15) is 46.5 Å². The zero-order valence-electron chi connectivity index (χ0n) is 12.1. The van der Waals surface area contributed by atoms with Crippen molar-refractivity contribution in [2.75, 3.05) is 33.0 Å². The summed E-state index contributed by atoms with van der Waals surface area (Å²) in [4.78, 5) is 0. The highest BCUT2D eigenvalue weighted by Crippen LogP contribution is 2.16. The van der Waals surface area contributed by atoms with E-state index in [1.54, 1.807) is 0 Å². The molecule has 1 N–H and O–H groups in total. The van der Waals surface area contributed by atoms with Crippen LogP contribution in [0.4, 0.5) is 0 Å². The minimum atomic E-state index is -0.378. The summed E-state index contributed by atoms with van der Waals surface area (Å²) < 4.78 is 10.8. The van der Waals surface area contributed by atoms with Gasteiger partial charge < -0.3 is 9.47 Å². The number of nitriles is 1. The molecule has 0 aromatic heterocycles. The number of nitrogens with one attached hydrogen (secondary N) is 1. The zero-order chi connectivity index (χ0) is 13.7. The fraction of sp³-hybridized carbons (Fsp3) is 0.929. The maximum absolute atomic E-state index is 9.23. The lowest BCUT2D eigenvalue weighted by atomic mass is 9.92. The summed E-state index contributed by atoms with van der Waals surface area (Å²) in [6.07, 6.45) is 3.62. The normalized spacial score (nSPS) is 14.1. The molecular formula is C14H28N2O2. The predicted molar refractivity (Wildman–Crippen MR) is 73.5 cm³/mol. The maximum atomic E-state index is 9.23. The summed E-state index contributed by atoms with van der Waals surface area (Å²) in [6, 6.07) is 2.39. The summed E-state index contributed by atoms with van der Waals surface area (Å²) in [5, 5.41) is 12.5. The highest BCUT2D eigenvalue weighted by molar-refractivity contribution is 5.05. The molecule has 0 amide bonds. The molecule has 0 spiro atoms. The van der Waals surface area contributed by atoms with Crippen molar-refractivity contribution in [1.82, 2.24) is 5.32 Å². The molecule has 0 aliphatic carbocycles. The number of hydrogen-bond acceptors (Lipinski definition) is 4. The van der Waals surface area contributed by atoms with Gasteiger partial charge in [-0.1, -0.05) is 20.8 Å². The van der Waals surface area contributed by atoms with Crippen LogP contribution in [0.2, 0.25) is 0 Å². The van der Waals surface area contributed by atoms with Gasteiger partial charge in [0.2, 0.25) is 0 Å². The third-order valence-electron chi connectivity index (χ3n) is 2.95. The maximum Gasteiger partial charge on any atom is 0.106 e. The van der Waals surface area contributed by atoms with Gasteiger partial charge in [0.15, 0.2) is 0 Å². The summed E-state index contributed by atoms with van der Waals surface area (Å²) in [5.41, 5.74) is -0.378. The second-order valence-electron chi connectivity index (χ2n) is 4.41. The van der Waals surface area contributed by atoms with Gasteiger partial charge in [0.1, 0.15) is 5.54 Å². The fourth-order valence-electron chi connectivity index (χ4n) is 1.85. The average Bonchev–Trinajstić information content (AvgIpc) is 2.40. The monoisotopic (exact) mass is 256 g/mol. The number of hydrogen-bond donors (Lipinski definition) is 1. The molecule has 0 fully saturated rings. The van der Waals surface area contributed by atoms with E-state index in [0.29, 0.717) is 19.8 Å². The quantitative estimate of drug-likeness (QED) is 0.545. The lowest BCUT2D eigenvalue weighted by Gasteiger charge is -2.25. The Morgan fingerprint density at radius 2 is 1.72 bits per heavy atom. The van der Waals surface area contributed by atoms with E-state index in [0.717, 1.165) is 38.8 Å². The van der Waals surface area contributed by atoms with E-state index in [2.05, 4.69) is 18.3 Å². The van der Waals surface area contributed by atoms with Crippen molar-refractivity contribution < 1.29 is 9.47 Å². The van der Waals surface area contributed by atoms with Crippen LogP contribution in [-0.4, -0.2) is 38.5 Å². The van der Waals surface area contributed by atoms with Crippen LogP contribution < -0.4 is 5.32 Å². The summed E-state index contributed by atoms with van der Waals surface area (Å²) in [5.74, 6) is 0. The lowest BCUT2D eigenvalue weighted by molar-refractivity contribution is 0.0452. The van der Waals surface area contributed by atoms with Crippen molar-refractivity contribution in [3.63, 3.8) is 0 Å². The number of ether oxygens (including phenoxy) is 2. The van der Waals surface area contributed by atoms with Crippen LogP contribution in [0.25, 0.3) is 0 Å². The van der Waals surface area contributed by atoms with Gasteiger partial charge in [0.25, 0.3) is 0 Å². The number of nitrogens with zero attached hydrogens (tertiary/aromatic N) is 1. The molecule has 1 atom stereocenters. The molecule has 0 radical (unpaired) electrons. The standard InChI is InChI=1S/C14H28N2O2/c1-4-9-17-11-12-18-10-7-8-14(5-2,13-15)16-6-3/h16H,4-12H2,1-3H3. The molecular weight excluding hydrogens is 228 g/mol. The van der Waals surface area contributed by atoms with Gasteiger partial charge >= 0.3 is 0 Å². The van der Waals surface area contributed by atoms with Gasteiger partial charge in [0, 0.05) is 13.2 Å². The van der Waals surface area contributed by atoms with E-state index < -0.39 is 0 Å². The van der Waals surface area contributed by atoms with E-state index in [1.807, 2.05) is 13.8 Å². The molecule has 0 heterocycles. The van der Waals surface area contributed by atoms with Crippen LogP contribution in [0, 0.1) is 11.3 Å². The van der Waals surface area contributed by atoms with Crippen molar-refractivity contribution in [2.24, 2.45) is 0 Å². The molecule has 0 aliphatic heterocycles. The topological polar surface area (TPSA) is 54.3 Å². The third-order valence-corrected chi connectivity index (χ3v) is 2.95. The van der Waals surface area contributed by atoms with Crippen molar-refractivity contribution in [1.29, 1.82) is 5.26 Å². The molecule has 0 aliphatic rings. The summed E-state index contributed by atoms with van der Waals surface area (Å²) in [6.45, 7) is 9.81. The molecule has 4 nitrogen and oxygen atoms in total. The van der Waals surface area contributed by atoms with Gasteiger partial charge in [-0.05, 0) is 32.2 Å². The van der Waals surface area contributed by atoms with Crippen molar-refractivity contribution in [3.05, 3.63) is 0 Å². The van der Waals surface area contributed by atoms with Crippen molar-refractivity contribution in [3.8, 4) is 6.07 Å². The molecule has 18 heavy (non-hydrogen) atoms. The summed E-state index contributed by atoms with van der Waals surface area (Å²) in [7, 11) is 0. The van der Waals surface area contributed by atoms with Gasteiger partial charge in [-0.15, -0.1) is 0 Å². The minimum Gasteiger partial charge on any atom is -0.379 e. The molecule has 106 valence electrons. The van der Waals surface area contributed by atoms with Crippen LogP contribution in [-0.2, 0) is 9.47 Å². The Hall–Kier alpha value is -0.630. The van der Waals surface area contributed by atoms with Crippen LogP contribution in [0.15, 0.2) is 0 Å². The number of rotatable bonds is 12. The molecule has 0 bridgehead atoms. The highest BCUT2D eigenvalue weighted by atomic mass is 16.5. The largest absolute Gasteiger partial charge is 0.379 e. The minimum absolute atomic E-state index is 0.378. The molecule has 4 heteroatoms. The van der Waals surface area contributed by atoms with Gasteiger partial charge in [-0.3, -0.25) is 5.32 Å². The molecule has 0 saturated heterocycles. The van der Waals surface area contributed by atoms with E-state index >= 15 is 0 Å². The van der Waals surface area contributed by atoms with Crippen LogP contribution >= 0.6 is 0 Å². The Labute approximate surface area is 112 Å². The fourth-order valence-corrected chi connectivity index (χ4v) is 1.85. The first kappa shape index (κ1) is 17.4. The zero-order valence-corrected chi connectivity index (χ0v) is 12.1. The average molecular weight is 256 g/mol. The van der Waals surface area contributed by atoms with E-state index in [4.69, 9.17) is 9.47 Å². The molecule has 0 rings (SSSR count). The summed E-state index contributed by atoms with van der Waals surface area (Å²) >= 11 is 0. The van der Waals surface area contributed by atoms with E-state index in [1.165, 1.54) is 0 Å². The second-order valence-corrected chi connectivity index (χ2v) is 4.41. The Morgan fingerprint density at radius 1 is 1.06 bits per heavy atom. The Bertz CT molecular complexity index is 228. The lowest BCUT2D eigenvalue weighted by Crippen LogP contribution is -2.43. The van der Waals surface area contributed by atoms with E-state index in [9.17, 15) is 5.26 Å². The SMILES string of the molecule is CCCOCCOCCCC(C#N)(CC)NCC. The van der Waals surface area contributed by atoms with Gasteiger partial charge in [0.05, 0.1) is 19.3 Å². The smallest absolute Gasteiger partial charge is 0.106 e. The van der Waals surface area contributed by atoms with Crippen molar-refractivity contribution in [2.45, 2.75) is 52.0 Å². The van der Waals surface area contributed by atoms with Crippen LogP contribution in [0.5, 0.6) is 0 Å². The highest BCUT2D eigenvalue weighted by Gasteiger charge is 2.25. The Morgan fingerprint density at radius 3 is 2.22 bits per heavy atom. The molecule has 0 saturated carbocycles. The first-order valence-electron chi connectivity index (χ1n) is 7.06. The Kier molecular flexibility index (Phi) is 11.1. The molecule has 0 aromatic carbocycles. The van der Waals surface area contributed by atoms with Gasteiger partial charge in [-0.2, -0.15) is 5.26 Å². The van der Waals surface area contributed by atoms with Gasteiger partial charge in [-0.25, -0.2) is 0 Å². The molecule has 1 unspecified atom stereocenters. The first-order chi connectivity index (χ1) is 8.74. The van der Waals surface area contributed by atoms with Crippen LogP contribution in [0.3, 0.4) is 0 Å².